The minimum Gasteiger partial charge on any atom is -0.454 e. The predicted molar refractivity (Wildman–Crippen MR) is 198 cm³/mol. The Morgan fingerprint density at radius 2 is 1.74 bits per heavy atom. The third-order valence-corrected chi connectivity index (χ3v) is 11.6. The van der Waals surface area contributed by atoms with Crippen molar-refractivity contribution in [3.8, 4) is 11.5 Å². The fourth-order valence-corrected chi connectivity index (χ4v) is 8.73. The van der Waals surface area contributed by atoms with Crippen LogP contribution in [0, 0.1) is 5.41 Å². The highest BCUT2D eigenvalue weighted by atomic mass is 32.2. The Morgan fingerprint density at radius 1 is 1.00 bits per heavy atom. The molecule has 7 rings (SSSR count). The van der Waals surface area contributed by atoms with E-state index in [4.69, 9.17) is 14.3 Å². The summed E-state index contributed by atoms with van der Waals surface area (Å²) in [6.07, 6.45) is 4.06. The molecule has 1 saturated heterocycles. The summed E-state index contributed by atoms with van der Waals surface area (Å²) in [5, 5.41) is 6.67. The molecule has 4 aliphatic rings. The van der Waals surface area contributed by atoms with Gasteiger partial charge in [-0.1, -0.05) is 70.5 Å². The molecule has 4 atom stereocenters. The van der Waals surface area contributed by atoms with Crippen molar-refractivity contribution in [1.82, 2.24) is 25.7 Å². The summed E-state index contributed by atoms with van der Waals surface area (Å²) in [4.78, 5) is 62.7. The lowest BCUT2D eigenvalue weighted by molar-refractivity contribution is -0.144. The summed E-state index contributed by atoms with van der Waals surface area (Å²) in [7, 11) is -4.28. The second-order valence-corrected chi connectivity index (χ2v) is 17.1. The number of nitrogens with zero attached hydrogens (tertiary/aromatic N) is 1. The van der Waals surface area contributed by atoms with Crippen molar-refractivity contribution in [2.45, 2.75) is 94.5 Å². The molecule has 54 heavy (non-hydrogen) atoms. The second-order valence-electron chi connectivity index (χ2n) is 15.4. The van der Waals surface area contributed by atoms with Crippen molar-refractivity contribution < 1.29 is 41.9 Å². The first-order valence-electron chi connectivity index (χ1n) is 18.2. The van der Waals surface area contributed by atoms with E-state index in [9.17, 15) is 27.6 Å². The van der Waals surface area contributed by atoms with Crippen LogP contribution in [0.5, 0.6) is 11.5 Å². The maximum atomic E-state index is 14.8. The van der Waals surface area contributed by atoms with Gasteiger partial charge in [0.05, 0.1) is 23.2 Å². The zero-order valence-corrected chi connectivity index (χ0v) is 31.5. The van der Waals surface area contributed by atoms with Crippen LogP contribution in [-0.4, -0.2) is 79.9 Å². The summed E-state index contributed by atoms with van der Waals surface area (Å²) < 4.78 is 41.9. The van der Waals surface area contributed by atoms with Crippen LogP contribution in [0.15, 0.2) is 71.6 Å². The minimum atomic E-state index is -4.28. The first-order valence-corrected chi connectivity index (χ1v) is 19.7. The van der Waals surface area contributed by atoms with Crippen molar-refractivity contribution in [2.24, 2.45) is 5.41 Å². The van der Waals surface area contributed by atoms with Gasteiger partial charge in [0.25, 0.3) is 5.91 Å². The van der Waals surface area contributed by atoms with Crippen LogP contribution in [0.2, 0.25) is 0 Å². The van der Waals surface area contributed by atoms with Crippen molar-refractivity contribution in [3.05, 3.63) is 72.3 Å². The number of Topliss-reactive ketones (excluding diaryl/α,β-unsaturated/α-hetero) is 1. The number of ether oxygens (including phenoxy) is 2. The van der Waals surface area contributed by atoms with Crippen LogP contribution >= 0.6 is 0 Å². The molecule has 15 heteroatoms. The number of carbonyl (C=O) groups is 4. The normalized spacial score (nSPS) is 21.7. The number of amides is 3. The number of sulfonamides is 1. The second kappa shape index (κ2) is 14.3. The summed E-state index contributed by atoms with van der Waals surface area (Å²) in [5.41, 5.74) is 2.06. The number of nitrogens with one attached hydrogen (secondary N) is 4. The van der Waals surface area contributed by atoms with E-state index in [1.807, 2.05) is 19.1 Å². The van der Waals surface area contributed by atoms with Crippen LogP contribution in [0.25, 0.3) is 16.5 Å². The molecule has 0 bridgehead atoms. The molecule has 3 aromatic rings. The topological polar surface area (TPSA) is 181 Å². The molecule has 3 aliphatic heterocycles. The molecule has 14 nitrogen and oxygen atoms in total. The van der Waals surface area contributed by atoms with Gasteiger partial charge in [0.1, 0.15) is 17.7 Å². The van der Waals surface area contributed by atoms with E-state index in [1.165, 1.54) is 11.0 Å². The Hall–Kier alpha value is -4.99. The van der Waals surface area contributed by atoms with E-state index in [0.29, 0.717) is 34.6 Å². The van der Waals surface area contributed by atoms with Gasteiger partial charge in [-0.15, -0.1) is 0 Å². The van der Waals surface area contributed by atoms with Gasteiger partial charge in [-0.05, 0) is 60.4 Å². The fraction of sp³-hybridized carbons (Fsp3) is 0.436. The summed E-state index contributed by atoms with van der Waals surface area (Å²) in [6, 6.07) is 13.7. The quantitative estimate of drug-likeness (QED) is 0.200. The first-order chi connectivity index (χ1) is 25.7. The van der Waals surface area contributed by atoms with Gasteiger partial charge in [-0.3, -0.25) is 29.5 Å². The van der Waals surface area contributed by atoms with Gasteiger partial charge < -0.3 is 25.0 Å². The fourth-order valence-electron chi connectivity index (χ4n) is 7.11. The molecular formula is C39H45N5O9S. The Kier molecular flexibility index (Phi) is 9.91. The van der Waals surface area contributed by atoms with Gasteiger partial charge in [0, 0.05) is 23.4 Å². The van der Waals surface area contributed by atoms with E-state index >= 15 is 0 Å². The smallest absolute Gasteiger partial charge is 0.289 e. The van der Waals surface area contributed by atoms with Crippen molar-refractivity contribution in [1.29, 1.82) is 0 Å². The molecule has 1 saturated carbocycles. The van der Waals surface area contributed by atoms with Crippen LogP contribution in [0.3, 0.4) is 0 Å². The van der Waals surface area contributed by atoms with Crippen molar-refractivity contribution in [3.63, 3.8) is 0 Å². The number of hydrogen-bond acceptors (Lipinski definition) is 10. The molecule has 0 unspecified atom stereocenters. The van der Waals surface area contributed by atoms with Crippen LogP contribution in [-0.2, 0) is 34.0 Å². The zero-order valence-electron chi connectivity index (χ0n) is 30.6. The Morgan fingerprint density at radius 3 is 2.48 bits per heavy atom. The van der Waals surface area contributed by atoms with Gasteiger partial charge in [0.2, 0.25) is 34.4 Å². The lowest BCUT2D eigenvalue weighted by Gasteiger charge is -2.35. The summed E-state index contributed by atoms with van der Waals surface area (Å²) in [5.74, 6) is -1.68. The van der Waals surface area contributed by atoms with E-state index < -0.39 is 62.7 Å². The van der Waals surface area contributed by atoms with E-state index in [2.05, 4.69) is 20.8 Å². The minimum absolute atomic E-state index is 0.0138. The highest BCUT2D eigenvalue weighted by molar-refractivity contribution is 7.89. The third kappa shape index (κ3) is 7.52. The number of benzene rings is 3. The van der Waals surface area contributed by atoms with Gasteiger partial charge in [0.15, 0.2) is 11.5 Å². The molecule has 3 aromatic carbocycles. The molecule has 4 N–H and O–H groups in total. The number of ketones is 1. The van der Waals surface area contributed by atoms with Crippen LogP contribution in [0.4, 0.5) is 0 Å². The first kappa shape index (κ1) is 37.3. The number of fused-ring (bicyclic) bond motifs is 2. The van der Waals surface area contributed by atoms with E-state index in [-0.39, 0.29) is 37.1 Å². The number of hydrogen-bond donors (Lipinski definition) is 4. The maximum absolute atomic E-state index is 14.8. The van der Waals surface area contributed by atoms with Gasteiger partial charge >= 0.3 is 0 Å². The summed E-state index contributed by atoms with van der Waals surface area (Å²) >= 11 is 0. The average molecular weight is 760 g/mol. The molecule has 0 radical (unpaired) electrons. The summed E-state index contributed by atoms with van der Waals surface area (Å²) in [6.45, 7) is 7.03. The van der Waals surface area contributed by atoms with Gasteiger partial charge in [-0.2, -0.15) is 4.72 Å². The molecule has 0 aromatic heterocycles. The monoisotopic (exact) mass is 759 g/mol. The zero-order chi connectivity index (χ0) is 38.4. The molecule has 3 amide bonds. The van der Waals surface area contributed by atoms with Crippen LogP contribution in [0.1, 0.15) is 65.4 Å². The standard InChI is InChI=1S/C39H45N5O9S/c1-5-9-27(33(45)36(47)40-25-15-16-25)41-35(46)29-20-39(19-28(42-53-39)24-14-17-30-31(18-24)52-22-51-30)21-44(29)37(48)34(38(2,3)4)43-54(49,50)32-13-8-11-23-10-6-7-12-26(23)32/h6-8,10-14,17-19,25,27,29,34,42-43H,5,9,15-16,20-22H2,1-4H3,(H,40,47)(H,41,46)/t27-,29-,34+,39+/m0/s1. The molecule has 1 spiro atoms. The largest absolute Gasteiger partial charge is 0.454 e. The number of rotatable bonds is 12. The van der Waals surface area contributed by atoms with Gasteiger partial charge in [-0.25, -0.2) is 8.42 Å². The predicted octanol–water partition coefficient (Wildman–Crippen LogP) is 3.31. The molecule has 3 heterocycles. The molecule has 2 fully saturated rings. The Balaban J connectivity index is 1.21. The lowest BCUT2D eigenvalue weighted by Crippen LogP contribution is -2.59. The highest BCUT2D eigenvalue weighted by Gasteiger charge is 2.54. The number of hydroxylamine groups is 1. The highest BCUT2D eigenvalue weighted by Crippen LogP contribution is 2.41. The van der Waals surface area contributed by atoms with E-state index in [1.54, 1.807) is 69.3 Å². The SMILES string of the molecule is CCC[C@H](NC(=O)[C@@H]1C[C@]2(C=C(c3ccc4c(c3)OCO4)NO2)CN1C(=O)[C@@H](NS(=O)(=O)c1cccc2ccccc12)C(C)(C)C)C(=O)C(=O)NC1CC1. The Labute approximate surface area is 314 Å². The third-order valence-electron chi connectivity index (χ3n) is 10.2. The molecular weight excluding hydrogens is 715 g/mol. The lowest BCUT2D eigenvalue weighted by atomic mass is 9.86. The molecule has 286 valence electrons. The van der Waals surface area contributed by atoms with Crippen molar-refractivity contribution >= 4 is 50.0 Å². The maximum Gasteiger partial charge on any atom is 0.289 e. The Bertz CT molecular complexity index is 2140. The van der Waals surface area contributed by atoms with Crippen LogP contribution < -0.4 is 30.3 Å². The van der Waals surface area contributed by atoms with E-state index in [0.717, 1.165) is 18.2 Å². The number of carbonyl (C=O) groups excluding carboxylic acids is 4. The number of likely N-dealkylation sites (tertiary alicyclic amines) is 1. The van der Waals surface area contributed by atoms with Crippen molar-refractivity contribution in [2.75, 3.05) is 13.3 Å². The molecule has 1 aliphatic carbocycles. The average Bonchev–Trinajstić information content (AvgIpc) is 3.50.